The highest BCUT2D eigenvalue weighted by atomic mass is 35.5. The minimum atomic E-state index is -0.891. The average Bonchev–Trinajstić information content (AvgIpc) is 2.45. The van der Waals surface area contributed by atoms with Crippen LogP contribution in [0.3, 0.4) is 0 Å². The molecule has 0 fully saturated rings. The Morgan fingerprint density at radius 1 is 1.53 bits per heavy atom. The van der Waals surface area contributed by atoms with E-state index in [2.05, 4.69) is 15.3 Å². The first-order chi connectivity index (χ1) is 8.95. The number of halogens is 1. The normalized spacial score (nSPS) is 11.4. The predicted octanol–water partition coefficient (Wildman–Crippen LogP) is 2.13. The van der Waals surface area contributed by atoms with Crippen LogP contribution in [0.5, 0.6) is 0 Å². The van der Waals surface area contributed by atoms with Crippen molar-refractivity contribution in [3.63, 3.8) is 0 Å². The lowest BCUT2D eigenvalue weighted by atomic mass is 9.97. The molecule has 2 N–H and O–H groups in total. The molecule has 1 aromatic rings. The lowest BCUT2D eigenvalue weighted by Gasteiger charge is -2.25. The van der Waals surface area contributed by atoms with E-state index in [1.165, 1.54) is 18.0 Å². The fraction of sp³-hybridized carbons (Fsp3) is 0.583. The van der Waals surface area contributed by atoms with Crippen LogP contribution in [-0.2, 0) is 0 Å². The Hall–Kier alpha value is -0.850. The number of nitrogens with one attached hydrogen (secondary N) is 1. The van der Waals surface area contributed by atoms with Crippen LogP contribution in [0.2, 0.25) is 5.02 Å². The molecule has 0 atom stereocenters. The van der Waals surface area contributed by atoms with Gasteiger partial charge in [0.15, 0.2) is 10.9 Å². The van der Waals surface area contributed by atoms with Gasteiger partial charge in [0, 0.05) is 6.54 Å². The van der Waals surface area contributed by atoms with Crippen molar-refractivity contribution in [2.24, 2.45) is 0 Å². The highest BCUT2D eigenvalue weighted by molar-refractivity contribution is 7.98. The standard InChI is InChI=1S/C12H18ClN3O2S/c1-4-12(18,5-2)7-15-10(17)9-8(13)6-14-11(16-9)19-3/h6,18H,4-5,7H2,1-3H3,(H,15,17). The summed E-state index contributed by atoms with van der Waals surface area (Å²) >= 11 is 7.24. The third-order valence-corrected chi connectivity index (χ3v) is 3.85. The fourth-order valence-electron chi connectivity index (χ4n) is 1.44. The van der Waals surface area contributed by atoms with Crippen molar-refractivity contribution in [3.05, 3.63) is 16.9 Å². The summed E-state index contributed by atoms with van der Waals surface area (Å²) < 4.78 is 0. The lowest BCUT2D eigenvalue weighted by Crippen LogP contribution is -2.42. The van der Waals surface area contributed by atoms with Gasteiger partial charge in [-0.1, -0.05) is 37.2 Å². The summed E-state index contributed by atoms with van der Waals surface area (Å²) in [5.74, 6) is -0.400. The van der Waals surface area contributed by atoms with Gasteiger partial charge in [-0.25, -0.2) is 9.97 Å². The van der Waals surface area contributed by atoms with E-state index in [-0.39, 0.29) is 17.3 Å². The quantitative estimate of drug-likeness (QED) is 0.622. The monoisotopic (exact) mass is 303 g/mol. The Morgan fingerprint density at radius 2 is 2.16 bits per heavy atom. The van der Waals surface area contributed by atoms with E-state index in [4.69, 9.17) is 11.6 Å². The maximum absolute atomic E-state index is 12.0. The van der Waals surface area contributed by atoms with Gasteiger partial charge < -0.3 is 10.4 Å². The van der Waals surface area contributed by atoms with Gasteiger partial charge in [0.25, 0.3) is 5.91 Å². The van der Waals surface area contributed by atoms with E-state index < -0.39 is 11.5 Å². The Balaban J connectivity index is 2.78. The number of rotatable bonds is 6. The molecule has 1 rings (SSSR count). The first-order valence-electron chi connectivity index (χ1n) is 6.03. The van der Waals surface area contributed by atoms with E-state index in [1.54, 1.807) is 0 Å². The third-order valence-electron chi connectivity index (χ3n) is 3.01. The van der Waals surface area contributed by atoms with Crippen LogP contribution >= 0.6 is 23.4 Å². The number of carbonyl (C=O) groups excluding carboxylic acids is 1. The lowest BCUT2D eigenvalue weighted by molar-refractivity contribution is 0.0313. The fourth-order valence-corrected chi connectivity index (χ4v) is 1.95. The highest BCUT2D eigenvalue weighted by Crippen LogP contribution is 2.17. The van der Waals surface area contributed by atoms with Crippen LogP contribution in [0.1, 0.15) is 37.2 Å². The summed E-state index contributed by atoms with van der Waals surface area (Å²) in [6, 6.07) is 0. The minimum absolute atomic E-state index is 0.135. The second-order valence-corrected chi connectivity index (χ2v) is 5.35. The van der Waals surface area contributed by atoms with Gasteiger partial charge in [0.1, 0.15) is 0 Å². The third kappa shape index (κ3) is 4.33. The molecule has 0 saturated heterocycles. The van der Waals surface area contributed by atoms with Gasteiger partial charge in [-0.15, -0.1) is 0 Å². The van der Waals surface area contributed by atoms with Crippen LogP contribution in [0.15, 0.2) is 11.4 Å². The summed E-state index contributed by atoms with van der Waals surface area (Å²) in [5.41, 5.74) is -0.757. The average molecular weight is 304 g/mol. The molecule has 0 aliphatic carbocycles. The predicted molar refractivity (Wildman–Crippen MR) is 76.7 cm³/mol. The number of aromatic nitrogens is 2. The van der Waals surface area contributed by atoms with E-state index in [9.17, 15) is 9.90 Å². The van der Waals surface area contributed by atoms with Gasteiger partial charge in [-0.2, -0.15) is 0 Å². The Kier molecular flexibility index (Phi) is 6.03. The minimum Gasteiger partial charge on any atom is -0.388 e. The molecule has 0 aliphatic heterocycles. The second kappa shape index (κ2) is 7.07. The number of hydrogen-bond acceptors (Lipinski definition) is 5. The molecule has 0 radical (unpaired) electrons. The zero-order valence-electron chi connectivity index (χ0n) is 11.2. The molecule has 5 nitrogen and oxygen atoms in total. The number of hydrogen-bond donors (Lipinski definition) is 2. The van der Waals surface area contributed by atoms with Crippen LogP contribution < -0.4 is 5.32 Å². The topological polar surface area (TPSA) is 75.1 Å². The van der Waals surface area contributed by atoms with Gasteiger partial charge in [0.05, 0.1) is 16.8 Å². The van der Waals surface area contributed by atoms with Crippen molar-refractivity contribution in [3.8, 4) is 0 Å². The maximum Gasteiger partial charge on any atom is 0.271 e. The van der Waals surface area contributed by atoms with E-state index in [1.807, 2.05) is 20.1 Å². The van der Waals surface area contributed by atoms with Crippen molar-refractivity contribution < 1.29 is 9.90 Å². The summed E-state index contributed by atoms with van der Waals surface area (Å²) in [4.78, 5) is 20.0. The van der Waals surface area contributed by atoms with Crippen molar-refractivity contribution in [2.75, 3.05) is 12.8 Å². The van der Waals surface area contributed by atoms with E-state index >= 15 is 0 Å². The molecule has 0 bridgehead atoms. The Bertz CT molecular complexity index is 453. The highest BCUT2D eigenvalue weighted by Gasteiger charge is 2.24. The van der Waals surface area contributed by atoms with Crippen LogP contribution in [0.25, 0.3) is 0 Å². The number of nitrogens with zero attached hydrogens (tertiary/aromatic N) is 2. The molecular formula is C12H18ClN3O2S. The Labute approximate surface area is 122 Å². The van der Waals surface area contributed by atoms with Crippen LogP contribution in [0, 0.1) is 0 Å². The molecule has 7 heteroatoms. The molecule has 1 amide bonds. The molecule has 0 unspecified atom stereocenters. The molecule has 0 spiro atoms. The first-order valence-corrected chi connectivity index (χ1v) is 7.63. The summed E-state index contributed by atoms with van der Waals surface area (Å²) in [6.45, 7) is 3.92. The van der Waals surface area contributed by atoms with Gasteiger partial charge >= 0.3 is 0 Å². The van der Waals surface area contributed by atoms with Gasteiger partial charge in [-0.3, -0.25) is 4.79 Å². The summed E-state index contributed by atoms with van der Waals surface area (Å²) in [7, 11) is 0. The summed E-state index contributed by atoms with van der Waals surface area (Å²) in [6.07, 6.45) is 4.35. The molecule has 19 heavy (non-hydrogen) atoms. The smallest absolute Gasteiger partial charge is 0.271 e. The number of aliphatic hydroxyl groups is 1. The molecule has 106 valence electrons. The molecule has 0 aromatic carbocycles. The zero-order valence-corrected chi connectivity index (χ0v) is 12.8. The van der Waals surface area contributed by atoms with E-state index in [0.717, 1.165) is 0 Å². The maximum atomic E-state index is 12.0. The van der Waals surface area contributed by atoms with Crippen molar-refractivity contribution in [2.45, 2.75) is 37.4 Å². The number of amides is 1. The Morgan fingerprint density at radius 3 is 2.68 bits per heavy atom. The molecular weight excluding hydrogens is 286 g/mol. The number of thioether (sulfide) groups is 1. The van der Waals surface area contributed by atoms with Crippen molar-refractivity contribution in [1.82, 2.24) is 15.3 Å². The second-order valence-electron chi connectivity index (χ2n) is 4.17. The molecule has 0 aliphatic rings. The van der Waals surface area contributed by atoms with Crippen molar-refractivity contribution in [1.29, 1.82) is 0 Å². The summed E-state index contributed by atoms with van der Waals surface area (Å²) in [5, 5.41) is 13.5. The number of carbonyl (C=O) groups is 1. The van der Waals surface area contributed by atoms with Crippen LogP contribution in [0.4, 0.5) is 0 Å². The van der Waals surface area contributed by atoms with Crippen molar-refractivity contribution >= 4 is 29.3 Å². The first kappa shape index (κ1) is 16.2. The molecule has 1 aromatic heterocycles. The largest absolute Gasteiger partial charge is 0.388 e. The molecule has 0 saturated carbocycles. The van der Waals surface area contributed by atoms with Gasteiger partial charge in [-0.05, 0) is 19.1 Å². The SMILES string of the molecule is CCC(O)(CC)CNC(=O)c1nc(SC)ncc1Cl. The van der Waals surface area contributed by atoms with Crippen LogP contribution in [-0.4, -0.2) is 39.4 Å². The van der Waals surface area contributed by atoms with Gasteiger partial charge in [0.2, 0.25) is 0 Å². The molecule has 1 heterocycles. The van der Waals surface area contributed by atoms with E-state index in [0.29, 0.717) is 18.0 Å². The zero-order chi connectivity index (χ0) is 14.5.